The van der Waals surface area contributed by atoms with E-state index in [0.29, 0.717) is 25.8 Å². The number of nitrogens with one attached hydrogen (secondary N) is 2. The standard InChI is InChI=1S/C21H35N5O5/c1-13(2)18(20(31)25-15(12-27)4-3-11-24-21(22)23)26-19(30)17(29)10-7-14-5-8-16(28)9-6-14/h5-6,8-9,13,15,17-18,27-29H,3-4,7,10-12H2,1-2H3,(H,25,31)(H,26,30)(H4,22,23,24). The third kappa shape index (κ3) is 10.1. The zero-order valence-electron chi connectivity index (χ0n) is 18.1. The van der Waals surface area contributed by atoms with Gasteiger partial charge in [0.2, 0.25) is 11.8 Å². The van der Waals surface area contributed by atoms with Crippen LogP contribution in [0.4, 0.5) is 0 Å². The van der Waals surface area contributed by atoms with Crippen molar-refractivity contribution in [3.8, 4) is 5.75 Å². The van der Waals surface area contributed by atoms with E-state index < -0.39 is 30.0 Å². The molecule has 1 rings (SSSR count). The molecule has 0 heterocycles. The molecule has 174 valence electrons. The third-order valence-electron chi connectivity index (χ3n) is 4.76. The van der Waals surface area contributed by atoms with Crippen LogP contribution < -0.4 is 22.1 Å². The molecule has 9 N–H and O–H groups in total. The molecule has 10 heteroatoms. The number of phenols is 1. The Kier molecular flexibility index (Phi) is 11.4. The number of carbonyl (C=O) groups is 2. The van der Waals surface area contributed by atoms with Gasteiger partial charge in [0.05, 0.1) is 12.6 Å². The Labute approximate surface area is 182 Å². The average molecular weight is 438 g/mol. The number of nitrogens with two attached hydrogens (primary N) is 2. The fraction of sp³-hybridized carbons (Fsp3) is 0.571. The van der Waals surface area contributed by atoms with E-state index in [-0.39, 0.29) is 30.7 Å². The van der Waals surface area contributed by atoms with Gasteiger partial charge in [-0.3, -0.25) is 14.6 Å². The van der Waals surface area contributed by atoms with Gasteiger partial charge in [-0.15, -0.1) is 0 Å². The molecule has 0 aliphatic carbocycles. The number of phenolic OH excluding ortho intramolecular Hbond substituents is 1. The first kappa shape index (κ1) is 26.2. The molecule has 1 aromatic rings. The minimum atomic E-state index is -1.28. The maximum Gasteiger partial charge on any atom is 0.249 e. The van der Waals surface area contributed by atoms with Crippen LogP contribution >= 0.6 is 0 Å². The molecule has 10 nitrogen and oxygen atoms in total. The first-order valence-electron chi connectivity index (χ1n) is 10.4. The molecule has 0 bridgehead atoms. The number of hydrogen-bond acceptors (Lipinski definition) is 6. The largest absolute Gasteiger partial charge is 0.508 e. The van der Waals surface area contributed by atoms with Crippen molar-refractivity contribution in [2.45, 2.75) is 57.7 Å². The molecule has 0 aliphatic heterocycles. The minimum Gasteiger partial charge on any atom is -0.508 e. The molecule has 3 atom stereocenters. The Balaban J connectivity index is 2.57. The summed E-state index contributed by atoms with van der Waals surface area (Å²) in [6.07, 6.45) is 0.365. The van der Waals surface area contributed by atoms with Crippen LogP contribution in [0.5, 0.6) is 5.75 Å². The number of guanidine groups is 1. The molecular formula is C21H35N5O5. The third-order valence-corrected chi connectivity index (χ3v) is 4.76. The second-order valence-electron chi connectivity index (χ2n) is 7.79. The fourth-order valence-corrected chi connectivity index (χ4v) is 2.93. The van der Waals surface area contributed by atoms with Gasteiger partial charge in [-0.05, 0) is 49.3 Å². The first-order chi connectivity index (χ1) is 14.6. The van der Waals surface area contributed by atoms with Crippen molar-refractivity contribution in [2.24, 2.45) is 22.4 Å². The number of benzene rings is 1. The van der Waals surface area contributed by atoms with E-state index >= 15 is 0 Å². The van der Waals surface area contributed by atoms with Crippen molar-refractivity contribution >= 4 is 17.8 Å². The lowest BCUT2D eigenvalue weighted by Gasteiger charge is -2.25. The fourth-order valence-electron chi connectivity index (χ4n) is 2.93. The summed E-state index contributed by atoms with van der Waals surface area (Å²) in [4.78, 5) is 28.9. The molecule has 2 amide bonds. The van der Waals surface area contributed by atoms with Gasteiger partial charge in [-0.25, -0.2) is 0 Å². The number of rotatable bonds is 13. The second kappa shape index (κ2) is 13.5. The van der Waals surface area contributed by atoms with E-state index in [0.717, 1.165) is 5.56 Å². The lowest BCUT2D eigenvalue weighted by Crippen LogP contribution is -2.54. The molecular weight excluding hydrogens is 402 g/mol. The second-order valence-corrected chi connectivity index (χ2v) is 7.79. The number of aryl methyl sites for hydroxylation is 1. The van der Waals surface area contributed by atoms with E-state index in [1.54, 1.807) is 26.0 Å². The van der Waals surface area contributed by atoms with Crippen molar-refractivity contribution in [2.75, 3.05) is 13.2 Å². The highest BCUT2D eigenvalue weighted by molar-refractivity contribution is 5.89. The number of nitrogens with zero attached hydrogens (tertiary/aromatic N) is 1. The van der Waals surface area contributed by atoms with Gasteiger partial charge in [0.15, 0.2) is 5.96 Å². The summed E-state index contributed by atoms with van der Waals surface area (Å²) < 4.78 is 0. The zero-order valence-corrected chi connectivity index (χ0v) is 18.1. The summed E-state index contributed by atoms with van der Waals surface area (Å²) in [6, 6.07) is 5.15. The molecule has 0 radical (unpaired) electrons. The molecule has 0 saturated heterocycles. The zero-order chi connectivity index (χ0) is 23.4. The summed E-state index contributed by atoms with van der Waals surface area (Å²) in [5.74, 6) is -1.17. The van der Waals surface area contributed by atoms with E-state index in [9.17, 15) is 24.9 Å². The number of aliphatic imine (C=N–C) groups is 1. The van der Waals surface area contributed by atoms with Gasteiger partial charge >= 0.3 is 0 Å². The van der Waals surface area contributed by atoms with E-state index in [1.807, 2.05) is 0 Å². The van der Waals surface area contributed by atoms with Crippen LogP contribution in [0, 0.1) is 5.92 Å². The predicted molar refractivity (Wildman–Crippen MR) is 118 cm³/mol. The lowest BCUT2D eigenvalue weighted by atomic mass is 10.0. The molecule has 0 aromatic heterocycles. The Hall–Kier alpha value is -2.85. The van der Waals surface area contributed by atoms with Crippen LogP contribution in [0.25, 0.3) is 0 Å². The summed E-state index contributed by atoms with van der Waals surface area (Å²) in [5, 5.41) is 34.3. The summed E-state index contributed by atoms with van der Waals surface area (Å²) in [7, 11) is 0. The van der Waals surface area contributed by atoms with E-state index in [1.165, 1.54) is 12.1 Å². The SMILES string of the molecule is CC(C)C(NC(=O)C(O)CCc1ccc(O)cc1)C(=O)NC(CO)CCCN=C(N)N. The normalized spacial score (nSPS) is 13.8. The average Bonchev–Trinajstić information content (AvgIpc) is 2.72. The first-order valence-corrected chi connectivity index (χ1v) is 10.4. The number of carbonyl (C=O) groups excluding carboxylic acids is 2. The number of aliphatic hydroxyl groups excluding tert-OH is 2. The van der Waals surface area contributed by atoms with Gasteiger partial charge < -0.3 is 37.4 Å². The minimum absolute atomic E-state index is 0.0175. The molecule has 0 fully saturated rings. The van der Waals surface area contributed by atoms with E-state index in [2.05, 4.69) is 15.6 Å². The highest BCUT2D eigenvalue weighted by Gasteiger charge is 2.28. The molecule has 0 spiro atoms. The highest BCUT2D eigenvalue weighted by Crippen LogP contribution is 2.12. The van der Waals surface area contributed by atoms with Gasteiger partial charge in [0, 0.05) is 6.54 Å². The number of hydrogen-bond donors (Lipinski definition) is 7. The van der Waals surface area contributed by atoms with Crippen molar-refractivity contribution < 1.29 is 24.9 Å². The summed E-state index contributed by atoms with van der Waals surface area (Å²) in [6.45, 7) is 3.67. The topological polar surface area (TPSA) is 183 Å². The van der Waals surface area contributed by atoms with Gasteiger partial charge in [-0.2, -0.15) is 0 Å². The van der Waals surface area contributed by atoms with Crippen molar-refractivity contribution in [1.29, 1.82) is 0 Å². The van der Waals surface area contributed by atoms with Crippen LogP contribution in [0.1, 0.15) is 38.7 Å². The quantitative estimate of drug-likeness (QED) is 0.121. The van der Waals surface area contributed by atoms with Gasteiger partial charge in [0.1, 0.15) is 17.9 Å². The lowest BCUT2D eigenvalue weighted by molar-refractivity contribution is -0.135. The maximum absolute atomic E-state index is 12.7. The van der Waals surface area contributed by atoms with Crippen LogP contribution in [-0.2, 0) is 16.0 Å². The van der Waals surface area contributed by atoms with Crippen molar-refractivity contribution in [3.05, 3.63) is 29.8 Å². The van der Waals surface area contributed by atoms with Gasteiger partial charge in [-0.1, -0.05) is 26.0 Å². The van der Waals surface area contributed by atoms with Crippen LogP contribution in [-0.4, -0.2) is 64.4 Å². The maximum atomic E-state index is 12.7. The monoisotopic (exact) mass is 437 g/mol. The predicted octanol–water partition coefficient (Wildman–Crippen LogP) is -0.643. The molecule has 1 aromatic carbocycles. The van der Waals surface area contributed by atoms with Crippen LogP contribution in [0.2, 0.25) is 0 Å². The Bertz CT molecular complexity index is 719. The Morgan fingerprint density at radius 2 is 1.71 bits per heavy atom. The smallest absolute Gasteiger partial charge is 0.249 e. The number of amides is 2. The molecule has 31 heavy (non-hydrogen) atoms. The molecule has 0 aliphatic rings. The van der Waals surface area contributed by atoms with Crippen LogP contribution in [0.15, 0.2) is 29.3 Å². The molecule has 0 saturated carbocycles. The number of aliphatic hydroxyl groups is 2. The Morgan fingerprint density at radius 1 is 1.06 bits per heavy atom. The van der Waals surface area contributed by atoms with Crippen molar-refractivity contribution in [1.82, 2.24) is 10.6 Å². The van der Waals surface area contributed by atoms with Gasteiger partial charge in [0.25, 0.3) is 0 Å². The summed E-state index contributed by atoms with van der Waals surface area (Å²) in [5.41, 5.74) is 11.4. The van der Waals surface area contributed by atoms with Crippen molar-refractivity contribution in [3.63, 3.8) is 0 Å². The number of aromatic hydroxyl groups is 1. The molecule has 3 unspecified atom stereocenters. The highest BCUT2D eigenvalue weighted by atomic mass is 16.3. The van der Waals surface area contributed by atoms with E-state index in [4.69, 9.17) is 11.5 Å². The summed E-state index contributed by atoms with van der Waals surface area (Å²) >= 11 is 0. The van der Waals surface area contributed by atoms with Crippen LogP contribution in [0.3, 0.4) is 0 Å². The Morgan fingerprint density at radius 3 is 2.26 bits per heavy atom.